The van der Waals surface area contributed by atoms with Crippen molar-refractivity contribution in [1.29, 1.82) is 0 Å². The molecular formula is C22H20ClNO3. The number of halogens is 1. The van der Waals surface area contributed by atoms with Gasteiger partial charge in [-0.15, -0.1) is 0 Å². The fourth-order valence-corrected chi connectivity index (χ4v) is 3.44. The monoisotopic (exact) mass is 381 g/mol. The van der Waals surface area contributed by atoms with E-state index in [1.807, 2.05) is 42.5 Å². The Bertz CT molecular complexity index is 1010. The summed E-state index contributed by atoms with van der Waals surface area (Å²) in [6, 6.07) is 15.3. The molecule has 0 spiro atoms. The standard InChI is InChI=1S/C22H20ClNO3/c1-13-21(15(3)25)14(2)24-22(13)19(26)12-27-20-10-9-17(11-18(20)23)16-7-5-4-6-8-16/h4-11,24H,12H2,1-3H3. The Morgan fingerprint density at radius 2 is 1.74 bits per heavy atom. The molecule has 0 radical (unpaired) electrons. The molecule has 0 bridgehead atoms. The van der Waals surface area contributed by atoms with Gasteiger partial charge in [0.1, 0.15) is 5.75 Å². The van der Waals surface area contributed by atoms with Crippen LogP contribution in [0.2, 0.25) is 5.02 Å². The van der Waals surface area contributed by atoms with Crippen LogP contribution in [0, 0.1) is 13.8 Å². The Hall–Kier alpha value is -2.85. The lowest BCUT2D eigenvalue weighted by atomic mass is 10.1. The molecule has 0 fully saturated rings. The first kappa shape index (κ1) is 18.9. The molecule has 3 rings (SSSR count). The summed E-state index contributed by atoms with van der Waals surface area (Å²) in [7, 11) is 0. The Labute approximate surface area is 163 Å². The van der Waals surface area contributed by atoms with Crippen molar-refractivity contribution >= 4 is 23.2 Å². The molecule has 0 saturated carbocycles. The highest BCUT2D eigenvalue weighted by Gasteiger charge is 2.20. The summed E-state index contributed by atoms with van der Waals surface area (Å²) < 4.78 is 5.62. The van der Waals surface area contributed by atoms with Crippen molar-refractivity contribution in [1.82, 2.24) is 4.98 Å². The number of rotatable bonds is 6. The number of aromatic amines is 1. The average Bonchev–Trinajstić information content (AvgIpc) is 2.95. The van der Waals surface area contributed by atoms with Crippen molar-refractivity contribution in [3.05, 3.63) is 76.1 Å². The lowest BCUT2D eigenvalue weighted by Gasteiger charge is -2.09. The van der Waals surface area contributed by atoms with Gasteiger partial charge in [-0.1, -0.05) is 48.0 Å². The Morgan fingerprint density at radius 3 is 2.33 bits per heavy atom. The number of aryl methyl sites for hydroxylation is 1. The van der Waals surface area contributed by atoms with Crippen LogP contribution in [0.5, 0.6) is 5.75 Å². The zero-order valence-corrected chi connectivity index (χ0v) is 16.2. The first-order chi connectivity index (χ1) is 12.9. The van der Waals surface area contributed by atoms with Crippen molar-refractivity contribution < 1.29 is 14.3 Å². The van der Waals surface area contributed by atoms with E-state index in [-0.39, 0.29) is 18.2 Å². The minimum Gasteiger partial charge on any atom is -0.484 e. The van der Waals surface area contributed by atoms with Gasteiger partial charge < -0.3 is 9.72 Å². The van der Waals surface area contributed by atoms with E-state index in [0.717, 1.165) is 11.1 Å². The minimum atomic E-state index is -0.230. The maximum absolute atomic E-state index is 12.5. The molecule has 0 saturated heterocycles. The maximum Gasteiger partial charge on any atom is 0.216 e. The summed E-state index contributed by atoms with van der Waals surface area (Å²) in [6.45, 7) is 4.86. The van der Waals surface area contributed by atoms with E-state index in [0.29, 0.717) is 33.3 Å². The Balaban J connectivity index is 1.75. The van der Waals surface area contributed by atoms with Gasteiger partial charge in [-0.2, -0.15) is 0 Å². The van der Waals surface area contributed by atoms with Crippen LogP contribution in [0.15, 0.2) is 48.5 Å². The predicted molar refractivity (Wildman–Crippen MR) is 107 cm³/mol. The summed E-state index contributed by atoms with van der Waals surface area (Å²) in [4.78, 5) is 27.2. The summed E-state index contributed by atoms with van der Waals surface area (Å²) in [5.41, 5.74) is 4.32. The SMILES string of the molecule is CC(=O)c1c(C)[nH]c(C(=O)COc2ccc(-c3ccccc3)cc2Cl)c1C. The number of hydrogen-bond donors (Lipinski definition) is 1. The molecule has 1 heterocycles. The smallest absolute Gasteiger partial charge is 0.216 e. The molecule has 0 aliphatic carbocycles. The number of hydrogen-bond acceptors (Lipinski definition) is 3. The van der Waals surface area contributed by atoms with E-state index in [9.17, 15) is 9.59 Å². The molecule has 1 aromatic heterocycles. The largest absolute Gasteiger partial charge is 0.484 e. The first-order valence-corrected chi connectivity index (χ1v) is 8.97. The van der Waals surface area contributed by atoms with Crippen molar-refractivity contribution in [2.24, 2.45) is 0 Å². The number of ketones is 2. The highest BCUT2D eigenvalue weighted by Crippen LogP contribution is 2.30. The fraction of sp³-hybridized carbons (Fsp3) is 0.182. The van der Waals surface area contributed by atoms with Gasteiger partial charge in [0.05, 0.1) is 10.7 Å². The number of ether oxygens (including phenoxy) is 1. The van der Waals surface area contributed by atoms with Crippen LogP contribution >= 0.6 is 11.6 Å². The number of benzene rings is 2. The van der Waals surface area contributed by atoms with E-state index in [1.165, 1.54) is 6.92 Å². The van der Waals surface area contributed by atoms with Gasteiger partial charge in [-0.3, -0.25) is 9.59 Å². The number of Topliss-reactive ketones (excluding diaryl/α,β-unsaturated/α-hetero) is 2. The summed E-state index contributed by atoms with van der Waals surface area (Å²) in [6.07, 6.45) is 0. The van der Waals surface area contributed by atoms with Crippen molar-refractivity contribution in [3.8, 4) is 16.9 Å². The van der Waals surface area contributed by atoms with Crippen LogP contribution in [-0.4, -0.2) is 23.2 Å². The van der Waals surface area contributed by atoms with E-state index >= 15 is 0 Å². The second-order valence-corrected chi connectivity index (χ2v) is 6.81. The van der Waals surface area contributed by atoms with Gasteiger partial charge in [0.25, 0.3) is 0 Å². The van der Waals surface area contributed by atoms with Crippen LogP contribution in [0.3, 0.4) is 0 Å². The Morgan fingerprint density at radius 1 is 1.04 bits per heavy atom. The third-order valence-corrected chi connectivity index (χ3v) is 4.76. The van der Waals surface area contributed by atoms with Crippen LogP contribution < -0.4 is 4.74 Å². The van der Waals surface area contributed by atoms with Gasteiger partial charge in [0.2, 0.25) is 5.78 Å². The van der Waals surface area contributed by atoms with E-state index < -0.39 is 0 Å². The molecule has 0 atom stereocenters. The third kappa shape index (κ3) is 3.96. The zero-order valence-electron chi connectivity index (χ0n) is 15.4. The van der Waals surface area contributed by atoms with Crippen LogP contribution in [0.25, 0.3) is 11.1 Å². The van der Waals surface area contributed by atoms with Gasteiger partial charge in [-0.05, 0) is 49.6 Å². The number of aromatic nitrogens is 1. The fourth-order valence-electron chi connectivity index (χ4n) is 3.20. The molecule has 4 nitrogen and oxygen atoms in total. The number of H-pyrrole nitrogens is 1. The molecule has 3 aromatic rings. The molecule has 0 unspecified atom stereocenters. The molecule has 0 amide bonds. The molecule has 0 aliphatic rings. The highest BCUT2D eigenvalue weighted by atomic mass is 35.5. The van der Waals surface area contributed by atoms with E-state index in [2.05, 4.69) is 4.98 Å². The molecule has 138 valence electrons. The normalized spacial score (nSPS) is 10.7. The van der Waals surface area contributed by atoms with E-state index in [4.69, 9.17) is 16.3 Å². The molecule has 2 aromatic carbocycles. The lowest BCUT2D eigenvalue weighted by molar-refractivity contribution is 0.0916. The van der Waals surface area contributed by atoms with Crippen molar-refractivity contribution in [2.75, 3.05) is 6.61 Å². The van der Waals surface area contributed by atoms with E-state index in [1.54, 1.807) is 19.9 Å². The quantitative estimate of drug-likeness (QED) is 0.580. The summed E-state index contributed by atoms with van der Waals surface area (Å²) >= 11 is 6.32. The molecule has 0 aliphatic heterocycles. The van der Waals surface area contributed by atoms with Gasteiger partial charge in [-0.25, -0.2) is 0 Å². The van der Waals surface area contributed by atoms with Crippen molar-refractivity contribution in [2.45, 2.75) is 20.8 Å². The number of nitrogens with one attached hydrogen (secondary N) is 1. The summed E-state index contributed by atoms with van der Waals surface area (Å²) in [5, 5.41) is 0.438. The average molecular weight is 382 g/mol. The topological polar surface area (TPSA) is 59.2 Å². The van der Waals surface area contributed by atoms with Crippen LogP contribution in [-0.2, 0) is 0 Å². The van der Waals surface area contributed by atoms with Gasteiger partial charge >= 0.3 is 0 Å². The first-order valence-electron chi connectivity index (χ1n) is 8.59. The minimum absolute atomic E-state index is 0.0687. The van der Waals surface area contributed by atoms with Crippen LogP contribution in [0.4, 0.5) is 0 Å². The number of carbonyl (C=O) groups excluding carboxylic acids is 2. The molecule has 1 N–H and O–H groups in total. The molecular weight excluding hydrogens is 362 g/mol. The number of carbonyl (C=O) groups is 2. The Kier molecular flexibility index (Phi) is 5.47. The van der Waals surface area contributed by atoms with Gasteiger partial charge in [0.15, 0.2) is 12.4 Å². The lowest BCUT2D eigenvalue weighted by Crippen LogP contribution is -2.13. The zero-order chi connectivity index (χ0) is 19.6. The van der Waals surface area contributed by atoms with Gasteiger partial charge in [0, 0.05) is 11.3 Å². The maximum atomic E-state index is 12.5. The van der Waals surface area contributed by atoms with Crippen molar-refractivity contribution in [3.63, 3.8) is 0 Å². The second-order valence-electron chi connectivity index (χ2n) is 6.40. The van der Waals surface area contributed by atoms with Crippen LogP contribution in [0.1, 0.15) is 39.0 Å². The second kappa shape index (κ2) is 7.80. The third-order valence-electron chi connectivity index (χ3n) is 4.47. The molecule has 27 heavy (non-hydrogen) atoms. The highest BCUT2D eigenvalue weighted by molar-refractivity contribution is 6.32. The molecule has 5 heteroatoms. The summed E-state index contributed by atoms with van der Waals surface area (Å²) in [5.74, 6) is 0.143. The predicted octanol–water partition coefficient (Wildman–Crippen LogP) is 5.42.